The second kappa shape index (κ2) is 8.17. The van der Waals surface area contributed by atoms with Gasteiger partial charge in [0.1, 0.15) is 5.76 Å². The van der Waals surface area contributed by atoms with Crippen molar-refractivity contribution in [2.75, 3.05) is 13.1 Å². The Labute approximate surface area is 153 Å². The lowest BCUT2D eigenvalue weighted by Crippen LogP contribution is -2.46. The summed E-state index contributed by atoms with van der Waals surface area (Å²) in [5.74, 6) is 0.581. The largest absolute Gasteiger partial charge is 0.361 e. The van der Waals surface area contributed by atoms with Gasteiger partial charge >= 0.3 is 0 Å². The summed E-state index contributed by atoms with van der Waals surface area (Å²) < 4.78 is 4.93. The van der Waals surface area contributed by atoms with Crippen molar-refractivity contribution in [1.29, 1.82) is 0 Å². The van der Waals surface area contributed by atoms with Crippen LogP contribution in [0.2, 0.25) is 0 Å². The number of nitrogens with zero attached hydrogens (tertiary/aromatic N) is 2. The van der Waals surface area contributed by atoms with E-state index in [-0.39, 0.29) is 17.9 Å². The van der Waals surface area contributed by atoms with Gasteiger partial charge in [-0.15, -0.1) is 0 Å². The molecule has 0 atom stereocenters. The minimum Gasteiger partial charge on any atom is -0.361 e. The van der Waals surface area contributed by atoms with Gasteiger partial charge in [0.05, 0.1) is 0 Å². The zero-order valence-electron chi connectivity index (χ0n) is 15.3. The zero-order chi connectivity index (χ0) is 18.5. The highest BCUT2D eigenvalue weighted by atomic mass is 16.5. The van der Waals surface area contributed by atoms with Crippen LogP contribution in [0.5, 0.6) is 0 Å². The van der Waals surface area contributed by atoms with Crippen LogP contribution in [0.3, 0.4) is 0 Å². The molecule has 6 heteroatoms. The standard InChI is InChI=1S/C20H25N3O3/c1-14-3-5-16(6-4-14)7-8-19(24)23-11-9-17(10-12-23)21-20(25)18-13-15(2)26-22-18/h3-6,13,17H,7-12H2,1-2H3,(H,21,25). The number of hydrogen-bond acceptors (Lipinski definition) is 4. The SMILES string of the molecule is Cc1ccc(CCC(=O)N2CCC(NC(=O)c3cc(C)on3)CC2)cc1. The van der Waals surface area contributed by atoms with Gasteiger partial charge in [0.2, 0.25) is 5.91 Å². The Hall–Kier alpha value is -2.63. The first-order chi connectivity index (χ1) is 12.5. The number of piperidine rings is 1. The topological polar surface area (TPSA) is 75.4 Å². The highest BCUT2D eigenvalue weighted by Crippen LogP contribution is 2.14. The highest BCUT2D eigenvalue weighted by molar-refractivity contribution is 5.92. The molecule has 0 bridgehead atoms. The molecular formula is C20H25N3O3. The van der Waals surface area contributed by atoms with Gasteiger partial charge in [-0.25, -0.2) is 0 Å². The number of carbonyl (C=O) groups is 2. The van der Waals surface area contributed by atoms with Gasteiger partial charge in [-0.3, -0.25) is 9.59 Å². The molecule has 2 aromatic rings. The molecule has 1 aliphatic heterocycles. The predicted molar refractivity (Wildman–Crippen MR) is 97.8 cm³/mol. The Kier molecular flexibility index (Phi) is 5.71. The van der Waals surface area contributed by atoms with E-state index in [1.165, 1.54) is 11.1 Å². The number of carbonyl (C=O) groups excluding carboxylic acids is 2. The van der Waals surface area contributed by atoms with Gasteiger partial charge in [0, 0.05) is 31.6 Å². The van der Waals surface area contributed by atoms with E-state index in [1.54, 1.807) is 13.0 Å². The van der Waals surface area contributed by atoms with Gasteiger partial charge in [0.25, 0.3) is 5.91 Å². The first-order valence-corrected chi connectivity index (χ1v) is 9.09. The zero-order valence-corrected chi connectivity index (χ0v) is 15.3. The van der Waals surface area contributed by atoms with Crippen molar-refractivity contribution in [2.45, 2.75) is 45.6 Å². The van der Waals surface area contributed by atoms with E-state index in [4.69, 9.17) is 4.52 Å². The van der Waals surface area contributed by atoms with Crippen molar-refractivity contribution < 1.29 is 14.1 Å². The summed E-state index contributed by atoms with van der Waals surface area (Å²) in [5.41, 5.74) is 2.72. The molecule has 0 spiro atoms. The van der Waals surface area contributed by atoms with Gasteiger partial charge in [-0.2, -0.15) is 0 Å². The number of benzene rings is 1. The second-order valence-corrected chi connectivity index (χ2v) is 6.94. The van der Waals surface area contributed by atoms with E-state index < -0.39 is 0 Å². The molecule has 1 N–H and O–H groups in total. The summed E-state index contributed by atoms with van der Waals surface area (Å²) in [4.78, 5) is 26.4. The lowest BCUT2D eigenvalue weighted by molar-refractivity contribution is -0.132. The lowest BCUT2D eigenvalue weighted by Gasteiger charge is -2.32. The molecule has 0 aliphatic carbocycles. The molecule has 138 valence electrons. The van der Waals surface area contributed by atoms with Crippen molar-refractivity contribution in [3.8, 4) is 0 Å². The summed E-state index contributed by atoms with van der Waals surface area (Å²) in [7, 11) is 0. The summed E-state index contributed by atoms with van der Waals surface area (Å²) in [6.07, 6.45) is 2.82. The molecule has 2 amide bonds. The molecule has 1 aromatic carbocycles. The van der Waals surface area contributed by atoms with Crippen molar-refractivity contribution in [1.82, 2.24) is 15.4 Å². The van der Waals surface area contributed by atoms with Crippen LogP contribution >= 0.6 is 0 Å². The summed E-state index contributed by atoms with van der Waals surface area (Å²) in [6.45, 7) is 5.16. The molecular weight excluding hydrogens is 330 g/mol. The Morgan fingerprint density at radius 1 is 1.19 bits per heavy atom. The third-order valence-electron chi connectivity index (χ3n) is 4.79. The van der Waals surface area contributed by atoms with Crippen LogP contribution in [0.1, 0.15) is 46.6 Å². The van der Waals surface area contributed by atoms with E-state index in [0.29, 0.717) is 31.0 Å². The molecule has 1 aliphatic rings. The third kappa shape index (κ3) is 4.71. The average molecular weight is 355 g/mol. The van der Waals surface area contributed by atoms with Crippen molar-refractivity contribution >= 4 is 11.8 Å². The molecule has 1 saturated heterocycles. The number of hydrogen-bond donors (Lipinski definition) is 1. The van der Waals surface area contributed by atoms with E-state index in [0.717, 1.165) is 19.3 Å². The normalized spacial score (nSPS) is 15.1. The van der Waals surface area contributed by atoms with Crippen LogP contribution in [-0.4, -0.2) is 41.0 Å². The van der Waals surface area contributed by atoms with Crippen LogP contribution in [-0.2, 0) is 11.2 Å². The van der Waals surface area contributed by atoms with Crippen LogP contribution in [0.25, 0.3) is 0 Å². The Bertz CT molecular complexity index is 759. The average Bonchev–Trinajstić information content (AvgIpc) is 3.08. The fourth-order valence-electron chi connectivity index (χ4n) is 3.17. The number of likely N-dealkylation sites (tertiary alicyclic amines) is 1. The molecule has 1 aromatic heterocycles. The fourth-order valence-corrected chi connectivity index (χ4v) is 3.17. The molecule has 0 radical (unpaired) electrons. The van der Waals surface area contributed by atoms with Crippen molar-refractivity contribution in [3.63, 3.8) is 0 Å². The van der Waals surface area contributed by atoms with Gasteiger partial charge in [0.15, 0.2) is 5.69 Å². The number of rotatable bonds is 5. The molecule has 26 heavy (non-hydrogen) atoms. The minimum atomic E-state index is -0.217. The molecule has 3 rings (SSSR count). The maximum atomic E-state index is 12.4. The van der Waals surface area contributed by atoms with E-state index in [1.807, 2.05) is 4.90 Å². The second-order valence-electron chi connectivity index (χ2n) is 6.94. The Morgan fingerprint density at radius 2 is 1.88 bits per heavy atom. The van der Waals surface area contributed by atoms with Gasteiger partial charge < -0.3 is 14.7 Å². The summed E-state index contributed by atoms with van der Waals surface area (Å²) in [6, 6.07) is 10.0. The molecule has 0 unspecified atom stereocenters. The van der Waals surface area contributed by atoms with E-state index >= 15 is 0 Å². The van der Waals surface area contributed by atoms with Crippen molar-refractivity contribution in [2.24, 2.45) is 0 Å². The first kappa shape index (κ1) is 18.2. The van der Waals surface area contributed by atoms with Crippen LogP contribution in [0.15, 0.2) is 34.9 Å². The third-order valence-corrected chi connectivity index (χ3v) is 4.79. The highest BCUT2D eigenvalue weighted by Gasteiger charge is 2.24. The van der Waals surface area contributed by atoms with Crippen molar-refractivity contribution in [3.05, 3.63) is 52.9 Å². The number of aryl methyl sites for hydroxylation is 3. The Morgan fingerprint density at radius 3 is 2.50 bits per heavy atom. The predicted octanol–water partition coefficient (Wildman–Crippen LogP) is 2.65. The van der Waals surface area contributed by atoms with Gasteiger partial charge in [-0.05, 0) is 38.7 Å². The van der Waals surface area contributed by atoms with Crippen LogP contribution in [0, 0.1) is 13.8 Å². The molecule has 0 saturated carbocycles. The van der Waals surface area contributed by atoms with Gasteiger partial charge in [-0.1, -0.05) is 35.0 Å². The Balaban J connectivity index is 1.42. The first-order valence-electron chi connectivity index (χ1n) is 9.09. The van der Waals surface area contributed by atoms with Crippen LogP contribution < -0.4 is 5.32 Å². The maximum absolute atomic E-state index is 12.4. The number of amides is 2. The lowest BCUT2D eigenvalue weighted by atomic mass is 10.0. The molecule has 6 nitrogen and oxygen atoms in total. The van der Waals surface area contributed by atoms with E-state index in [9.17, 15) is 9.59 Å². The smallest absolute Gasteiger partial charge is 0.273 e. The molecule has 1 fully saturated rings. The quantitative estimate of drug-likeness (QED) is 0.895. The van der Waals surface area contributed by atoms with Crippen LogP contribution in [0.4, 0.5) is 0 Å². The molecule has 2 heterocycles. The maximum Gasteiger partial charge on any atom is 0.273 e. The summed E-state index contributed by atoms with van der Waals surface area (Å²) >= 11 is 0. The monoisotopic (exact) mass is 355 g/mol. The number of nitrogens with one attached hydrogen (secondary N) is 1. The number of aromatic nitrogens is 1. The minimum absolute atomic E-state index is 0.0701. The fraction of sp³-hybridized carbons (Fsp3) is 0.450. The van der Waals surface area contributed by atoms with E-state index in [2.05, 4.69) is 41.7 Å². The summed E-state index contributed by atoms with van der Waals surface area (Å²) in [5, 5.41) is 6.70.